The molecule has 0 radical (unpaired) electrons. The predicted molar refractivity (Wildman–Crippen MR) is 47.5 cm³/mol. The smallest absolute Gasteiger partial charge is 0.221 e. The number of carbonyl (C=O) groups excluding carboxylic acids is 1. The van der Waals surface area contributed by atoms with Gasteiger partial charge in [-0.2, -0.15) is 11.8 Å². The van der Waals surface area contributed by atoms with Crippen LogP contribution in [0.25, 0.3) is 0 Å². The van der Waals surface area contributed by atoms with Gasteiger partial charge in [-0.15, -0.1) is 0 Å². The number of nitrogens with two attached hydrogens (primary N) is 1. The highest BCUT2D eigenvalue weighted by Crippen LogP contribution is 2.16. The van der Waals surface area contributed by atoms with Crippen molar-refractivity contribution in [2.45, 2.75) is 18.9 Å². The molecule has 3 N–H and O–H groups in total. The van der Waals surface area contributed by atoms with E-state index in [1.54, 1.807) is 0 Å². The molecule has 1 aliphatic rings. The lowest BCUT2D eigenvalue weighted by molar-refractivity contribution is -0.121. The van der Waals surface area contributed by atoms with Crippen LogP contribution < -0.4 is 11.1 Å². The Bertz CT molecular complexity index is 134. The van der Waals surface area contributed by atoms with Gasteiger partial charge in [-0.05, 0) is 12.2 Å². The Labute approximate surface area is 71.1 Å². The summed E-state index contributed by atoms with van der Waals surface area (Å²) >= 11 is 1.90. The van der Waals surface area contributed by atoms with Crippen molar-refractivity contribution >= 4 is 17.7 Å². The van der Waals surface area contributed by atoms with Gasteiger partial charge in [0, 0.05) is 24.8 Å². The van der Waals surface area contributed by atoms with E-state index in [-0.39, 0.29) is 5.91 Å². The van der Waals surface area contributed by atoms with Gasteiger partial charge in [0.15, 0.2) is 0 Å². The lowest BCUT2D eigenvalue weighted by Crippen LogP contribution is -2.35. The minimum atomic E-state index is 0.0972. The van der Waals surface area contributed by atoms with Crippen molar-refractivity contribution < 1.29 is 4.79 Å². The van der Waals surface area contributed by atoms with Crippen LogP contribution in [0.2, 0.25) is 0 Å². The number of amides is 1. The predicted octanol–water partition coefficient (Wildman–Crippen LogP) is -0.0431. The lowest BCUT2D eigenvalue weighted by atomic mass is 10.2. The van der Waals surface area contributed by atoms with Crippen molar-refractivity contribution in [1.29, 1.82) is 0 Å². The molecule has 1 rings (SSSR count). The summed E-state index contributed by atoms with van der Waals surface area (Å²) in [7, 11) is 0. The maximum atomic E-state index is 11.0. The van der Waals surface area contributed by atoms with Gasteiger partial charge in [0.05, 0.1) is 0 Å². The Balaban J connectivity index is 2.13. The van der Waals surface area contributed by atoms with E-state index >= 15 is 0 Å². The highest BCUT2D eigenvalue weighted by atomic mass is 32.2. The Morgan fingerprint density at radius 3 is 3.09 bits per heavy atom. The molecular weight excluding hydrogens is 160 g/mol. The zero-order valence-electron chi connectivity index (χ0n) is 6.51. The molecule has 0 aromatic rings. The fraction of sp³-hybridized carbons (Fsp3) is 0.857. The van der Waals surface area contributed by atoms with Gasteiger partial charge in [-0.3, -0.25) is 4.79 Å². The van der Waals surface area contributed by atoms with Crippen LogP contribution in [0.4, 0.5) is 0 Å². The Kier molecular flexibility index (Phi) is 3.72. The van der Waals surface area contributed by atoms with Crippen LogP contribution >= 0.6 is 11.8 Å². The van der Waals surface area contributed by atoms with E-state index < -0.39 is 0 Å². The quantitative estimate of drug-likeness (QED) is 0.631. The summed E-state index contributed by atoms with van der Waals surface area (Å²) in [5, 5.41) is 2.94. The Morgan fingerprint density at radius 1 is 1.73 bits per heavy atom. The van der Waals surface area contributed by atoms with Gasteiger partial charge in [0.2, 0.25) is 5.91 Å². The lowest BCUT2D eigenvalue weighted by Gasteiger charge is -2.09. The molecule has 3 nitrogen and oxygen atoms in total. The molecule has 11 heavy (non-hydrogen) atoms. The minimum Gasteiger partial charge on any atom is -0.352 e. The maximum absolute atomic E-state index is 11.0. The van der Waals surface area contributed by atoms with Crippen LogP contribution in [0.1, 0.15) is 12.8 Å². The van der Waals surface area contributed by atoms with Crippen molar-refractivity contribution in [3.05, 3.63) is 0 Å². The number of nitrogens with one attached hydrogen (secondary N) is 1. The van der Waals surface area contributed by atoms with Crippen LogP contribution in [0, 0.1) is 0 Å². The Morgan fingerprint density at radius 2 is 2.55 bits per heavy atom. The zero-order chi connectivity index (χ0) is 8.10. The van der Waals surface area contributed by atoms with Crippen LogP contribution in [0.3, 0.4) is 0 Å². The van der Waals surface area contributed by atoms with Crippen molar-refractivity contribution in [2.24, 2.45) is 5.73 Å². The van der Waals surface area contributed by atoms with Gasteiger partial charge >= 0.3 is 0 Å². The third kappa shape index (κ3) is 3.12. The first kappa shape index (κ1) is 8.87. The normalized spacial score (nSPS) is 23.5. The second-order valence-electron chi connectivity index (χ2n) is 2.67. The molecule has 0 aromatic carbocycles. The fourth-order valence-corrected chi connectivity index (χ4v) is 2.23. The van der Waals surface area contributed by atoms with Gasteiger partial charge in [0.1, 0.15) is 0 Å². The van der Waals surface area contributed by atoms with E-state index in [1.807, 2.05) is 11.8 Å². The number of hydrogen-bond acceptors (Lipinski definition) is 3. The topological polar surface area (TPSA) is 55.1 Å². The molecule has 64 valence electrons. The van der Waals surface area contributed by atoms with E-state index in [0.29, 0.717) is 19.0 Å². The molecule has 1 atom stereocenters. The average molecular weight is 174 g/mol. The monoisotopic (exact) mass is 174 g/mol. The second kappa shape index (κ2) is 4.62. The molecule has 0 aliphatic carbocycles. The number of rotatable bonds is 3. The minimum absolute atomic E-state index is 0.0972. The van der Waals surface area contributed by atoms with Crippen molar-refractivity contribution in [1.82, 2.24) is 5.32 Å². The van der Waals surface area contributed by atoms with Crippen LogP contribution in [0.15, 0.2) is 0 Å². The summed E-state index contributed by atoms with van der Waals surface area (Å²) in [5.74, 6) is 2.34. The standard InChI is InChI=1S/C7H14N2OS/c8-3-1-7(10)9-6-2-4-11-5-6/h6H,1-5,8H2,(H,9,10). The highest BCUT2D eigenvalue weighted by molar-refractivity contribution is 7.99. The summed E-state index contributed by atoms with van der Waals surface area (Å²) < 4.78 is 0. The van der Waals surface area contributed by atoms with Gasteiger partial charge < -0.3 is 11.1 Å². The number of thioether (sulfide) groups is 1. The van der Waals surface area contributed by atoms with E-state index in [2.05, 4.69) is 5.32 Å². The molecule has 0 saturated carbocycles. The molecule has 0 aromatic heterocycles. The summed E-state index contributed by atoms with van der Waals surface area (Å²) in [6, 6.07) is 0.402. The van der Waals surface area contributed by atoms with Crippen LogP contribution in [0.5, 0.6) is 0 Å². The summed E-state index contributed by atoms with van der Waals surface area (Å²) in [6.45, 7) is 0.450. The highest BCUT2D eigenvalue weighted by Gasteiger charge is 2.16. The van der Waals surface area contributed by atoms with Crippen molar-refractivity contribution in [3.63, 3.8) is 0 Å². The SMILES string of the molecule is NCCC(=O)NC1CCSC1. The zero-order valence-corrected chi connectivity index (χ0v) is 7.32. The first-order valence-electron chi connectivity index (χ1n) is 3.90. The summed E-state index contributed by atoms with van der Waals surface area (Å²) in [4.78, 5) is 11.0. The first-order chi connectivity index (χ1) is 5.33. The van der Waals surface area contributed by atoms with Gasteiger partial charge in [-0.1, -0.05) is 0 Å². The molecule has 1 saturated heterocycles. The first-order valence-corrected chi connectivity index (χ1v) is 5.05. The van der Waals surface area contributed by atoms with Crippen molar-refractivity contribution in [2.75, 3.05) is 18.1 Å². The fourth-order valence-electron chi connectivity index (χ4n) is 1.08. The molecule has 1 fully saturated rings. The largest absolute Gasteiger partial charge is 0.352 e. The van der Waals surface area contributed by atoms with E-state index in [9.17, 15) is 4.79 Å². The molecule has 1 heterocycles. The van der Waals surface area contributed by atoms with E-state index in [0.717, 1.165) is 12.2 Å². The molecule has 0 spiro atoms. The molecule has 4 heteroatoms. The Hall–Kier alpha value is -0.220. The van der Waals surface area contributed by atoms with Crippen LogP contribution in [-0.4, -0.2) is 30.0 Å². The maximum Gasteiger partial charge on any atom is 0.221 e. The third-order valence-electron chi connectivity index (χ3n) is 1.67. The molecule has 1 aliphatic heterocycles. The van der Waals surface area contributed by atoms with Crippen LogP contribution in [-0.2, 0) is 4.79 Å². The molecular formula is C7H14N2OS. The number of carbonyl (C=O) groups is 1. The molecule has 1 unspecified atom stereocenters. The van der Waals surface area contributed by atoms with Crippen molar-refractivity contribution in [3.8, 4) is 0 Å². The second-order valence-corrected chi connectivity index (χ2v) is 3.82. The van der Waals surface area contributed by atoms with Gasteiger partial charge in [0.25, 0.3) is 0 Å². The third-order valence-corrected chi connectivity index (χ3v) is 2.83. The number of hydrogen-bond donors (Lipinski definition) is 2. The molecule has 1 amide bonds. The summed E-state index contributed by atoms with van der Waals surface area (Å²) in [6.07, 6.45) is 1.57. The molecule has 0 bridgehead atoms. The van der Waals surface area contributed by atoms with E-state index in [1.165, 1.54) is 5.75 Å². The van der Waals surface area contributed by atoms with E-state index in [4.69, 9.17) is 5.73 Å². The van der Waals surface area contributed by atoms with Gasteiger partial charge in [-0.25, -0.2) is 0 Å². The summed E-state index contributed by atoms with van der Waals surface area (Å²) in [5.41, 5.74) is 5.24. The average Bonchev–Trinajstić information content (AvgIpc) is 2.40.